The summed E-state index contributed by atoms with van der Waals surface area (Å²) in [6.07, 6.45) is 2.61. The Labute approximate surface area is 128 Å². The van der Waals surface area contributed by atoms with Crippen molar-refractivity contribution in [1.29, 1.82) is 0 Å². The maximum atomic E-state index is 13.8. The van der Waals surface area contributed by atoms with Crippen molar-refractivity contribution >= 4 is 10.0 Å². The third-order valence-electron chi connectivity index (χ3n) is 3.71. The van der Waals surface area contributed by atoms with Crippen LogP contribution in [0.3, 0.4) is 0 Å². The van der Waals surface area contributed by atoms with Gasteiger partial charge in [-0.2, -0.15) is 9.40 Å². The number of benzene rings is 1. The zero-order valence-electron chi connectivity index (χ0n) is 12.1. The molecule has 1 fully saturated rings. The first-order valence-corrected chi connectivity index (χ1v) is 8.46. The molecule has 0 bridgehead atoms. The highest BCUT2D eigenvalue weighted by Gasteiger charge is 2.32. The fraction of sp³-hybridized carbons (Fsp3) is 0.357. The Balaban J connectivity index is 1.95. The molecule has 1 aliphatic heterocycles. The Morgan fingerprint density at radius 2 is 2.14 bits per heavy atom. The Bertz CT molecular complexity index is 775. The van der Waals surface area contributed by atoms with Gasteiger partial charge >= 0.3 is 0 Å². The molecule has 0 saturated carbocycles. The van der Waals surface area contributed by atoms with Gasteiger partial charge in [-0.15, -0.1) is 0 Å². The number of nitrogens with zero attached hydrogens (tertiary/aromatic N) is 3. The van der Waals surface area contributed by atoms with Crippen LogP contribution < -0.4 is 5.32 Å². The number of halogens is 1. The maximum Gasteiger partial charge on any atom is 0.246 e. The fourth-order valence-electron chi connectivity index (χ4n) is 2.52. The highest BCUT2D eigenvalue weighted by Crippen LogP contribution is 2.20. The Kier molecular flexibility index (Phi) is 3.98. The van der Waals surface area contributed by atoms with Gasteiger partial charge in [0, 0.05) is 25.7 Å². The lowest BCUT2D eigenvalue weighted by molar-refractivity contribution is 0.284. The molecule has 0 amide bonds. The number of hydrogen-bond acceptors (Lipinski definition) is 4. The molecule has 1 atom stereocenters. The molecular weight excluding hydrogens is 307 g/mol. The van der Waals surface area contributed by atoms with Crippen molar-refractivity contribution in [1.82, 2.24) is 19.4 Å². The molecule has 6 nitrogen and oxygen atoms in total. The van der Waals surface area contributed by atoms with Crippen molar-refractivity contribution < 1.29 is 12.8 Å². The monoisotopic (exact) mass is 324 g/mol. The molecule has 0 radical (unpaired) electrons. The van der Waals surface area contributed by atoms with E-state index in [4.69, 9.17) is 0 Å². The zero-order valence-corrected chi connectivity index (χ0v) is 12.9. The van der Waals surface area contributed by atoms with Gasteiger partial charge in [0.05, 0.1) is 12.4 Å². The number of nitrogens with one attached hydrogen (secondary N) is 1. The number of piperazine rings is 1. The van der Waals surface area contributed by atoms with Crippen molar-refractivity contribution in [2.75, 3.05) is 19.6 Å². The summed E-state index contributed by atoms with van der Waals surface area (Å²) in [7, 11) is -3.62. The van der Waals surface area contributed by atoms with Crippen LogP contribution in [0, 0.1) is 5.82 Å². The van der Waals surface area contributed by atoms with Crippen molar-refractivity contribution in [2.24, 2.45) is 0 Å². The van der Waals surface area contributed by atoms with Crippen molar-refractivity contribution in [3.8, 4) is 5.69 Å². The van der Waals surface area contributed by atoms with Gasteiger partial charge in [-0.3, -0.25) is 0 Å². The van der Waals surface area contributed by atoms with Crippen molar-refractivity contribution in [2.45, 2.75) is 17.9 Å². The second kappa shape index (κ2) is 5.79. The van der Waals surface area contributed by atoms with Gasteiger partial charge in [0.1, 0.15) is 16.4 Å². The molecule has 1 saturated heterocycles. The highest BCUT2D eigenvalue weighted by atomic mass is 32.2. The first-order valence-electron chi connectivity index (χ1n) is 7.02. The summed E-state index contributed by atoms with van der Waals surface area (Å²) in [6, 6.07) is 5.97. The van der Waals surface area contributed by atoms with Crippen LogP contribution in [0.2, 0.25) is 0 Å². The molecule has 1 N–H and O–H groups in total. The van der Waals surface area contributed by atoms with Crippen LogP contribution in [0.15, 0.2) is 41.6 Å². The van der Waals surface area contributed by atoms with Crippen molar-refractivity contribution in [3.63, 3.8) is 0 Å². The average molecular weight is 324 g/mol. The third-order valence-corrected chi connectivity index (χ3v) is 5.67. The van der Waals surface area contributed by atoms with Crippen LogP contribution >= 0.6 is 0 Å². The molecular formula is C14H17FN4O2S. The van der Waals surface area contributed by atoms with E-state index in [1.54, 1.807) is 18.2 Å². The molecule has 3 rings (SSSR count). The van der Waals surface area contributed by atoms with E-state index in [2.05, 4.69) is 10.4 Å². The maximum absolute atomic E-state index is 13.8. The predicted octanol–water partition coefficient (Wildman–Crippen LogP) is 0.994. The minimum atomic E-state index is -3.62. The standard InChI is InChI=1S/C14H17FN4O2S/c1-11-8-16-6-7-19(11)22(20,21)12-9-17-18(10-12)14-5-3-2-4-13(14)15/h2-5,9-11,16H,6-8H2,1H3. The first kappa shape index (κ1) is 15.1. The number of aromatic nitrogens is 2. The minimum absolute atomic E-state index is 0.0736. The van der Waals surface area contributed by atoms with Crippen LogP contribution in [0.1, 0.15) is 6.92 Å². The molecule has 0 spiro atoms. The number of para-hydroxylation sites is 1. The largest absolute Gasteiger partial charge is 0.314 e. The summed E-state index contributed by atoms with van der Waals surface area (Å²) < 4.78 is 41.8. The van der Waals surface area contributed by atoms with Crippen LogP contribution in [-0.2, 0) is 10.0 Å². The van der Waals surface area contributed by atoms with Crippen LogP contribution in [0.25, 0.3) is 5.69 Å². The first-order chi connectivity index (χ1) is 10.5. The van der Waals surface area contributed by atoms with Gasteiger partial charge in [-0.25, -0.2) is 17.5 Å². The van der Waals surface area contributed by atoms with E-state index in [0.717, 1.165) is 0 Å². The van der Waals surface area contributed by atoms with E-state index in [9.17, 15) is 12.8 Å². The summed E-state index contributed by atoms with van der Waals surface area (Å²) in [5, 5.41) is 7.14. The molecule has 2 aromatic rings. The molecule has 1 unspecified atom stereocenters. The third kappa shape index (κ3) is 2.65. The molecule has 8 heteroatoms. The Morgan fingerprint density at radius 1 is 1.36 bits per heavy atom. The minimum Gasteiger partial charge on any atom is -0.314 e. The number of sulfonamides is 1. The SMILES string of the molecule is CC1CNCCN1S(=O)(=O)c1cnn(-c2ccccc2F)c1. The molecule has 22 heavy (non-hydrogen) atoms. The van der Waals surface area contributed by atoms with E-state index in [0.29, 0.717) is 19.6 Å². The van der Waals surface area contributed by atoms with E-state index < -0.39 is 15.8 Å². The number of rotatable bonds is 3. The quantitative estimate of drug-likeness (QED) is 0.914. The second-order valence-corrected chi connectivity index (χ2v) is 7.13. The molecule has 1 aromatic carbocycles. The number of hydrogen-bond donors (Lipinski definition) is 1. The van der Waals surface area contributed by atoms with Gasteiger partial charge in [-0.1, -0.05) is 12.1 Å². The van der Waals surface area contributed by atoms with Gasteiger partial charge < -0.3 is 5.32 Å². The predicted molar refractivity (Wildman–Crippen MR) is 79.7 cm³/mol. The van der Waals surface area contributed by atoms with Gasteiger partial charge in [0.15, 0.2) is 0 Å². The molecule has 2 heterocycles. The Morgan fingerprint density at radius 3 is 2.86 bits per heavy atom. The van der Waals surface area contributed by atoms with Crippen LogP contribution in [0.5, 0.6) is 0 Å². The topological polar surface area (TPSA) is 67.2 Å². The normalized spacial score (nSPS) is 20.2. The summed E-state index contributed by atoms with van der Waals surface area (Å²) in [4.78, 5) is 0.0736. The highest BCUT2D eigenvalue weighted by molar-refractivity contribution is 7.89. The fourth-order valence-corrected chi connectivity index (χ4v) is 4.09. The second-order valence-electron chi connectivity index (χ2n) is 5.24. The molecule has 1 aliphatic rings. The van der Waals surface area contributed by atoms with E-state index in [1.807, 2.05) is 6.92 Å². The van der Waals surface area contributed by atoms with Gasteiger partial charge in [0.25, 0.3) is 0 Å². The smallest absolute Gasteiger partial charge is 0.246 e. The van der Waals surface area contributed by atoms with E-state index in [1.165, 1.54) is 27.4 Å². The summed E-state index contributed by atoms with van der Waals surface area (Å²) in [5.41, 5.74) is 0.220. The Hall–Kier alpha value is -1.77. The van der Waals surface area contributed by atoms with E-state index in [-0.39, 0.29) is 16.6 Å². The molecule has 118 valence electrons. The van der Waals surface area contributed by atoms with Crippen LogP contribution in [-0.4, -0.2) is 48.2 Å². The summed E-state index contributed by atoms with van der Waals surface area (Å²) in [5.74, 6) is -0.454. The lowest BCUT2D eigenvalue weighted by atomic mass is 10.3. The van der Waals surface area contributed by atoms with E-state index >= 15 is 0 Å². The van der Waals surface area contributed by atoms with Gasteiger partial charge in [0.2, 0.25) is 10.0 Å². The molecule has 0 aliphatic carbocycles. The summed E-state index contributed by atoms with van der Waals surface area (Å²) >= 11 is 0. The van der Waals surface area contributed by atoms with Gasteiger partial charge in [-0.05, 0) is 19.1 Å². The zero-order chi connectivity index (χ0) is 15.7. The van der Waals surface area contributed by atoms with Crippen LogP contribution in [0.4, 0.5) is 4.39 Å². The summed E-state index contributed by atoms with van der Waals surface area (Å²) in [6.45, 7) is 3.49. The lowest BCUT2D eigenvalue weighted by Crippen LogP contribution is -2.52. The molecule has 1 aromatic heterocycles. The average Bonchev–Trinajstić information content (AvgIpc) is 2.98. The lowest BCUT2D eigenvalue weighted by Gasteiger charge is -2.32. The van der Waals surface area contributed by atoms with Crippen molar-refractivity contribution in [3.05, 3.63) is 42.5 Å².